The van der Waals surface area contributed by atoms with Gasteiger partial charge in [0.05, 0.1) is 16.9 Å². The number of hydrogen-bond acceptors (Lipinski definition) is 8. The van der Waals surface area contributed by atoms with Crippen molar-refractivity contribution in [1.82, 2.24) is 0 Å². The molecular weight excluding hydrogens is 630 g/mol. The van der Waals surface area contributed by atoms with Crippen LogP contribution in [-0.2, 0) is 28.6 Å². The zero-order valence-electron chi connectivity index (χ0n) is 29.8. The van der Waals surface area contributed by atoms with Crippen molar-refractivity contribution < 1.29 is 36.8 Å². The van der Waals surface area contributed by atoms with E-state index in [1.165, 1.54) is 25.0 Å². The molecule has 0 radical (unpaired) electrons. The topological polar surface area (TPSA) is 142 Å². The van der Waals surface area contributed by atoms with Gasteiger partial charge in [-0.3, -0.25) is 8.98 Å². The van der Waals surface area contributed by atoms with Gasteiger partial charge in [0, 0.05) is 0 Å². The molecule has 270 valence electrons. The first-order valence-corrected chi connectivity index (χ1v) is 19.0. The molecule has 3 N–H and O–H groups in total. The predicted molar refractivity (Wildman–Crippen MR) is 190 cm³/mol. The number of aliphatic hydroxyl groups is 1. The second kappa shape index (κ2) is 21.2. The number of hydrogen-bond donors (Lipinski definition) is 2. The lowest BCUT2D eigenvalue weighted by atomic mass is 9.90. The van der Waals surface area contributed by atoms with Crippen molar-refractivity contribution in [2.75, 3.05) is 0 Å². The lowest BCUT2D eigenvalue weighted by molar-refractivity contribution is -0.156. The Morgan fingerprint density at radius 1 is 1.02 bits per heavy atom. The molecule has 7 unspecified atom stereocenters. The fourth-order valence-corrected chi connectivity index (χ4v) is 6.89. The second-order valence-electron chi connectivity index (χ2n) is 13.6. The third kappa shape index (κ3) is 15.5. The third-order valence-corrected chi connectivity index (χ3v) is 10.2. The molecule has 0 aliphatic carbocycles. The summed E-state index contributed by atoms with van der Waals surface area (Å²) in [5.74, 6) is -1.14. The highest BCUT2D eigenvalue weighted by Gasteiger charge is 2.32. The van der Waals surface area contributed by atoms with E-state index >= 15 is 0 Å². The molecule has 1 aliphatic heterocycles. The van der Waals surface area contributed by atoms with Gasteiger partial charge in [-0.25, -0.2) is 4.79 Å². The highest BCUT2D eigenvalue weighted by molar-refractivity contribution is 7.86. The number of rotatable bonds is 10. The van der Waals surface area contributed by atoms with Gasteiger partial charge >= 0.3 is 12.1 Å². The van der Waals surface area contributed by atoms with Gasteiger partial charge in [-0.05, 0) is 109 Å². The van der Waals surface area contributed by atoms with E-state index in [9.17, 15) is 23.1 Å². The largest absolute Gasteiger partial charge is 0.458 e. The SMILES string of the molecule is CCCCC/C=C/C(C)=C/C1CC(C)C/C=C/CCC(OS(=O)(=O)c2ccc(C)cc2)C(OC(N)=O)CCC(C)CC(O)C(C)C(=O)O1. The van der Waals surface area contributed by atoms with Crippen LogP contribution < -0.4 is 5.73 Å². The number of carbonyl (C=O) groups is 2. The van der Waals surface area contributed by atoms with Crippen LogP contribution in [0.3, 0.4) is 0 Å². The summed E-state index contributed by atoms with van der Waals surface area (Å²) in [5, 5.41) is 11.0. The highest BCUT2D eigenvalue weighted by atomic mass is 32.2. The van der Waals surface area contributed by atoms with Crippen molar-refractivity contribution in [2.45, 2.75) is 141 Å². The van der Waals surface area contributed by atoms with Crippen molar-refractivity contribution >= 4 is 22.2 Å². The molecular formula is C38H59NO8S. The van der Waals surface area contributed by atoms with Gasteiger partial charge in [0.15, 0.2) is 0 Å². The molecule has 1 aromatic carbocycles. The van der Waals surface area contributed by atoms with Gasteiger partial charge in [-0.15, -0.1) is 0 Å². The van der Waals surface area contributed by atoms with E-state index in [1.54, 1.807) is 19.1 Å². The number of primary amides is 1. The summed E-state index contributed by atoms with van der Waals surface area (Å²) in [7, 11) is -4.17. The molecule has 10 heteroatoms. The maximum atomic E-state index is 13.3. The summed E-state index contributed by atoms with van der Waals surface area (Å²) in [6.45, 7) is 11.7. The minimum atomic E-state index is -4.17. The average Bonchev–Trinajstić information content (AvgIpc) is 3.01. The van der Waals surface area contributed by atoms with E-state index in [0.29, 0.717) is 32.1 Å². The lowest BCUT2D eigenvalue weighted by Gasteiger charge is -2.28. The van der Waals surface area contributed by atoms with E-state index < -0.39 is 52.5 Å². The van der Waals surface area contributed by atoms with Crippen molar-refractivity contribution in [1.29, 1.82) is 0 Å². The number of cyclic esters (lactones) is 1. The summed E-state index contributed by atoms with van der Waals surface area (Å²) >= 11 is 0. The summed E-state index contributed by atoms with van der Waals surface area (Å²) < 4.78 is 43.8. The smallest absolute Gasteiger partial charge is 0.404 e. The molecule has 48 heavy (non-hydrogen) atoms. The van der Waals surface area contributed by atoms with E-state index in [2.05, 4.69) is 26.0 Å². The zero-order valence-corrected chi connectivity index (χ0v) is 30.6. The standard InChI is InChI=1S/C38H59NO8S/c1-7-8-9-10-12-15-28(3)24-32-25-29(4)16-13-11-14-17-36(47-48(43,44)33-21-18-27(2)19-22-33)35(46-38(39)42)23-20-30(5)26-34(40)31(6)37(41)45-32/h11-13,15,18-19,21-22,24,29-32,34-36,40H,7-10,14,16-17,20,23,25-26H2,1-6H3,(H2,39,42)/b13-11+,15-12+,28-24+. The number of aliphatic hydroxyl groups excluding tert-OH is 1. The summed E-state index contributed by atoms with van der Waals surface area (Å²) in [4.78, 5) is 25.2. The van der Waals surface area contributed by atoms with Gasteiger partial charge in [0.25, 0.3) is 10.1 Å². The number of aryl methyl sites for hydroxylation is 1. The Hall–Kier alpha value is -2.95. The first-order chi connectivity index (χ1) is 22.7. The van der Waals surface area contributed by atoms with Crippen LogP contribution in [0.1, 0.15) is 111 Å². The number of esters is 1. The number of amides is 1. The fraction of sp³-hybridized carbons (Fsp3) is 0.632. The van der Waals surface area contributed by atoms with Crippen LogP contribution in [-0.4, -0.2) is 50.0 Å². The van der Waals surface area contributed by atoms with Crippen LogP contribution in [0.15, 0.2) is 65.1 Å². The number of benzene rings is 1. The highest BCUT2D eigenvalue weighted by Crippen LogP contribution is 2.27. The Kier molecular flexibility index (Phi) is 18.2. The Morgan fingerprint density at radius 3 is 2.40 bits per heavy atom. The normalized spacial score (nSPS) is 28.3. The lowest BCUT2D eigenvalue weighted by Crippen LogP contribution is -2.37. The first-order valence-electron chi connectivity index (χ1n) is 17.6. The molecule has 0 bridgehead atoms. The van der Waals surface area contributed by atoms with E-state index in [1.807, 2.05) is 39.0 Å². The van der Waals surface area contributed by atoms with E-state index in [-0.39, 0.29) is 29.6 Å². The molecule has 7 atom stereocenters. The molecule has 0 saturated heterocycles. The number of nitrogens with two attached hydrogens (primary N) is 1. The molecule has 1 aromatic rings. The maximum absolute atomic E-state index is 13.3. The predicted octanol–water partition coefficient (Wildman–Crippen LogP) is 8.10. The number of unbranched alkanes of at least 4 members (excludes halogenated alkanes) is 3. The Bertz CT molecular complexity index is 1320. The molecule has 0 fully saturated rings. The number of carbonyl (C=O) groups excluding carboxylic acids is 2. The molecule has 2 rings (SSSR count). The zero-order chi connectivity index (χ0) is 35.7. The second-order valence-corrected chi connectivity index (χ2v) is 15.1. The number of ether oxygens (including phenoxy) is 2. The van der Waals surface area contributed by atoms with Crippen LogP contribution in [0.5, 0.6) is 0 Å². The van der Waals surface area contributed by atoms with Crippen molar-refractivity contribution in [3.8, 4) is 0 Å². The van der Waals surface area contributed by atoms with Crippen molar-refractivity contribution in [3.63, 3.8) is 0 Å². The number of allylic oxidation sites excluding steroid dienone is 5. The molecule has 0 aromatic heterocycles. The van der Waals surface area contributed by atoms with E-state index in [0.717, 1.165) is 24.0 Å². The van der Waals surface area contributed by atoms with Gasteiger partial charge in [-0.2, -0.15) is 8.42 Å². The van der Waals surface area contributed by atoms with Crippen LogP contribution in [0, 0.1) is 24.7 Å². The van der Waals surface area contributed by atoms with Gasteiger partial charge in [0.1, 0.15) is 18.3 Å². The quantitative estimate of drug-likeness (QED) is 0.0825. The summed E-state index contributed by atoms with van der Waals surface area (Å²) in [5.41, 5.74) is 7.35. The monoisotopic (exact) mass is 689 g/mol. The molecule has 0 saturated carbocycles. The Labute approximate surface area is 289 Å². The Morgan fingerprint density at radius 2 is 1.73 bits per heavy atom. The van der Waals surface area contributed by atoms with Crippen molar-refractivity contribution in [3.05, 3.63) is 65.8 Å². The maximum Gasteiger partial charge on any atom is 0.404 e. The van der Waals surface area contributed by atoms with Crippen LogP contribution >= 0.6 is 0 Å². The van der Waals surface area contributed by atoms with Gasteiger partial charge in [0.2, 0.25) is 0 Å². The first kappa shape index (κ1) is 41.2. The van der Waals surface area contributed by atoms with Gasteiger partial charge in [-0.1, -0.05) is 81.2 Å². The third-order valence-electron chi connectivity index (χ3n) is 8.81. The molecule has 0 spiro atoms. The molecule has 1 aliphatic rings. The van der Waals surface area contributed by atoms with E-state index in [4.69, 9.17) is 19.4 Å². The molecule has 1 heterocycles. The fourth-order valence-electron chi connectivity index (χ4n) is 5.77. The minimum absolute atomic E-state index is 0.0120. The van der Waals surface area contributed by atoms with Crippen LogP contribution in [0.4, 0.5) is 4.79 Å². The summed E-state index contributed by atoms with van der Waals surface area (Å²) in [6.07, 6.45) is 13.5. The van der Waals surface area contributed by atoms with Crippen molar-refractivity contribution in [2.24, 2.45) is 23.5 Å². The van der Waals surface area contributed by atoms with Crippen LogP contribution in [0.2, 0.25) is 0 Å². The van der Waals surface area contributed by atoms with Gasteiger partial charge < -0.3 is 20.3 Å². The average molecular weight is 690 g/mol. The molecule has 9 nitrogen and oxygen atoms in total. The van der Waals surface area contributed by atoms with Crippen LogP contribution in [0.25, 0.3) is 0 Å². The Balaban J connectivity index is 2.33. The molecule has 1 amide bonds. The minimum Gasteiger partial charge on any atom is -0.458 e. The summed E-state index contributed by atoms with van der Waals surface area (Å²) in [6, 6.07) is 6.36.